The Hall–Kier alpha value is -4.10. The van der Waals surface area contributed by atoms with Gasteiger partial charge in [-0.1, -0.05) is 66.7 Å². The first-order valence-electron chi connectivity index (χ1n) is 11.1. The quantitative estimate of drug-likeness (QED) is 0.349. The standard InChI is InChI=1S/C28H26N2O4S/c1-21-17-18-27(34-2)25(19-21)29-28(31)24-15-9-10-16-26(24)30(20-22-11-5-3-6-12-22)35(32,33)23-13-7-4-8-14-23/h3-19H,20H2,1-2H3,(H,29,31). The third-order valence-corrected chi connectivity index (χ3v) is 7.29. The highest BCUT2D eigenvalue weighted by atomic mass is 32.2. The maximum absolute atomic E-state index is 13.8. The summed E-state index contributed by atoms with van der Waals surface area (Å²) < 4.78 is 34.2. The summed E-state index contributed by atoms with van der Waals surface area (Å²) in [6.45, 7) is 1.98. The van der Waals surface area contributed by atoms with Crippen molar-refractivity contribution >= 4 is 27.3 Å². The molecule has 1 amide bonds. The second-order valence-electron chi connectivity index (χ2n) is 7.99. The van der Waals surface area contributed by atoms with Crippen molar-refractivity contribution in [3.05, 3.63) is 120 Å². The normalized spacial score (nSPS) is 11.0. The number of ether oxygens (including phenoxy) is 1. The van der Waals surface area contributed by atoms with Crippen molar-refractivity contribution in [2.45, 2.75) is 18.4 Å². The molecular formula is C28H26N2O4S. The van der Waals surface area contributed by atoms with E-state index in [1.54, 1.807) is 60.7 Å². The second-order valence-corrected chi connectivity index (χ2v) is 9.85. The van der Waals surface area contributed by atoms with Gasteiger partial charge in [0, 0.05) is 0 Å². The third-order valence-electron chi connectivity index (χ3n) is 5.52. The summed E-state index contributed by atoms with van der Waals surface area (Å²) in [7, 11) is -2.44. The zero-order chi connectivity index (χ0) is 24.8. The van der Waals surface area contributed by atoms with E-state index in [4.69, 9.17) is 4.74 Å². The number of hydrogen-bond donors (Lipinski definition) is 1. The van der Waals surface area contributed by atoms with E-state index in [-0.39, 0.29) is 22.7 Å². The minimum absolute atomic E-state index is 0.0656. The molecule has 0 aliphatic carbocycles. The average molecular weight is 487 g/mol. The van der Waals surface area contributed by atoms with Crippen molar-refractivity contribution in [2.24, 2.45) is 0 Å². The van der Waals surface area contributed by atoms with Gasteiger partial charge in [0.2, 0.25) is 0 Å². The van der Waals surface area contributed by atoms with E-state index in [1.807, 2.05) is 49.4 Å². The second kappa shape index (κ2) is 10.4. The van der Waals surface area contributed by atoms with E-state index < -0.39 is 15.9 Å². The molecule has 0 saturated heterocycles. The van der Waals surface area contributed by atoms with Gasteiger partial charge in [0.1, 0.15) is 5.75 Å². The van der Waals surface area contributed by atoms with Crippen LogP contribution >= 0.6 is 0 Å². The molecule has 4 rings (SSSR count). The molecule has 4 aromatic rings. The van der Waals surface area contributed by atoms with Gasteiger partial charge in [-0.3, -0.25) is 9.10 Å². The summed E-state index contributed by atoms with van der Waals surface area (Å²) in [5, 5.41) is 2.88. The number of anilines is 2. The molecule has 0 fully saturated rings. The lowest BCUT2D eigenvalue weighted by atomic mass is 10.1. The van der Waals surface area contributed by atoms with E-state index in [2.05, 4.69) is 5.32 Å². The van der Waals surface area contributed by atoms with Gasteiger partial charge in [0.05, 0.1) is 35.5 Å². The van der Waals surface area contributed by atoms with E-state index in [0.717, 1.165) is 11.1 Å². The Bertz CT molecular complexity index is 1420. The highest BCUT2D eigenvalue weighted by molar-refractivity contribution is 7.92. The van der Waals surface area contributed by atoms with Gasteiger partial charge in [-0.25, -0.2) is 8.42 Å². The Morgan fingerprint density at radius 1 is 0.857 bits per heavy atom. The zero-order valence-corrected chi connectivity index (χ0v) is 20.3. The predicted octanol–water partition coefficient (Wildman–Crippen LogP) is 5.65. The molecule has 0 unspecified atom stereocenters. The molecule has 0 atom stereocenters. The Labute approximate surface area is 205 Å². The molecule has 0 aliphatic heterocycles. The van der Waals surface area contributed by atoms with Gasteiger partial charge in [-0.15, -0.1) is 0 Å². The van der Waals surface area contributed by atoms with E-state index >= 15 is 0 Å². The van der Waals surface area contributed by atoms with Gasteiger partial charge >= 0.3 is 0 Å². The Morgan fingerprint density at radius 3 is 2.17 bits per heavy atom. The number of carbonyl (C=O) groups is 1. The van der Waals surface area contributed by atoms with Crippen LogP contribution in [0.2, 0.25) is 0 Å². The highest BCUT2D eigenvalue weighted by Gasteiger charge is 2.28. The van der Waals surface area contributed by atoms with Gasteiger partial charge in [0.25, 0.3) is 15.9 Å². The molecule has 178 valence electrons. The van der Waals surface area contributed by atoms with Crippen LogP contribution in [0.4, 0.5) is 11.4 Å². The van der Waals surface area contributed by atoms with Gasteiger partial charge in [-0.05, 0) is 54.4 Å². The van der Waals surface area contributed by atoms with Crippen molar-refractivity contribution in [2.75, 3.05) is 16.7 Å². The zero-order valence-electron chi connectivity index (χ0n) is 19.5. The van der Waals surface area contributed by atoms with Crippen LogP contribution in [0.15, 0.2) is 108 Å². The van der Waals surface area contributed by atoms with Crippen LogP contribution in [0.1, 0.15) is 21.5 Å². The SMILES string of the molecule is COc1ccc(C)cc1NC(=O)c1ccccc1N(Cc1ccccc1)S(=O)(=O)c1ccccc1. The number of rotatable bonds is 8. The van der Waals surface area contributed by atoms with Gasteiger partial charge in [0.15, 0.2) is 0 Å². The molecule has 0 radical (unpaired) electrons. The fourth-order valence-corrected chi connectivity index (χ4v) is 5.25. The first-order chi connectivity index (χ1) is 16.9. The van der Waals surface area contributed by atoms with Crippen molar-refractivity contribution < 1.29 is 17.9 Å². The number of methoxy groups -OCH3 is 1. The smallest absolute Gasteiger partial charge is 0.264 e. The number of para-hydroxylation sites is 1. The van der Waals surface area contributed by atoms with Crippen molar-refractivity contribution in [1.82, 2.24) is 0 Å². The lowest BCUT2D eigenvalue weighted by molar-refractivity contribution is 0.102. The number of nitrogens with one attached hydrogen (secondary N) is 1. The van der Waals surface area contributed by atoms with Crippen LogP contribution in [-0.4, -0.2) is 21.4 Å². The number of nitrogens with zero attached hydrogens (tertiary/aromatic N) is 1. The molecule has 7 heteroatoms. The monoisotopic (exact) mass is 486 g/mol. The van der Waals surface area contributed by atoms with E-state index in [1.165, 1.54) is 11.4 Å². The number of carbonyl (C=O) groups excluding carboxylic acids is 1. The number of hydrogen-bond acceptors (Lipinski definition) is 4. The van der Waals surface area contributed by atoms with Crippen molar-refractivity contribution in [1.29, 1.82) is 0 Å². The average Bonchev–Trinajstić information content (AvgIpc) is 2.88. The number of sulfonamides is 1. The molecule has 0 saturated carbocycles. The first kappa shape index (κ1) is 24.0. The molecule has 6 nitrogen and oxygen atoms in total. The van der Waals surface area contributed by atoms with Gasteiger partial charge < -0.3 is 10.1 Å². The molecule has 1 N–H and O–H groups in total. The summed E-state index contributed by atoms with van der Waals surface area (Å²) in [6, 6.07) is 29.7. The maximum atomic E-state index is 13.8. The van der Waals surface area contributed by atoms with E-state index in [0.29, 0.717) is 11.4 Å². The van der Waals surface area contributed by atoms with Crippen LogP contribution < -0.4 is 14.4 Å². The fraction of sp³-hybridized carbons (Fsp3) is 0.107. The summed E-state index contributed by atoms with van der Waals surface area (Å²) >= 11 is 0. The Balaban J connectivity index is 1.79. The lowest BCUT2D eigenvalue weighted by Gasteiger charge is -2.26. The van der Waals surface area contributed by atoms with Crippen LogP contribution in [0.3, 0.4) is 0 Å². The van der Waals surface area contributed by atoms with Crippen LogP contribution in [0.5, 0.6) is 5.75 Å². The van der Waals surface area contributed by atoms with Gasteiger partial charge in [-0.2, -0.15) is 0 Å². The summed E-state index contributed by atoms with van der Waals surface area (Å²) in [6.07, 6.45) is 0. The number of aryl methyl sites for hydroxylation is 1. The van der Waals surface area contributed by atoms with E-state index in [9.17, 15) is 13.2 Å². The molecule has 0 bridgehead atoms. The largest absolute Gasteiger partial charge is 0.495 e. The summed E-state index contributed by atoms with van der Waals surface area (Å²) in [5.74, 6) is 0.0744. The minimum Gasteiger partial charge on any atom is -0.495 e. The fourth-order valence-electron chi connectivity index (χ4n) is 3.76. The number of amides is 1. The summed E-state index contributed by atoms with van der Waals surface area (Å²) in [4.78, 5) is 13.6. The molecule has 35 heavy (non-hydrogen) atoms. The molecule has 0 aromatic heterocycles. The lowest BCUT2D eigenvalue weighted by Crippen LogP contribution is -2.32. The third kappa shape index (κ3) is 5.36. The minimum atomic E-state index is -3.97. The number of benzene rings is 4. The molecule has 4 aromatic carbocycles. The predicted molar refractivity (Wildman–Crippen MR) is 138 cm³/mol. The summed E-state index contributed by atoms with van der Waals surface area (Å²) in [5.41, 5.74) is 2.76. The van der Waals surface area contributed by atoms with Crippen molar-refractivity contribution in [3.8, 4) is 5.75 Å². The van der Waals surface area contributed by atoms with Crippen molar-refractivity contribution in [3.63, 3.8) is 0 Å². The molecular weight excluding hydrogens is 460 g/mol. The van der Waals surface area contributed by atoms with Crippen LogP contribution in [0.25, 0.3) is 0 Å². The molecule has 0 spiro atoms. The topological polar surface area (TPSA) is 75.7 Å². The van der Waals surface area contributed by atoms with Crippen LogP contribution in [-0.2, 0) is 16.6 Å². The molecule has 0 heterocycles. The van der Waals surface area contributed by atoms with Crippen LogP contribution in [0, 0.1) is 6.92 Å². The highest BCUT2D eigenvalue weighted by Crippen LogP contribution is 2.31. The first-order valence-corrected chi connectivity index (χ1v) is 12.5. The molecule has 0 aliphatic rings. The Kier molecular flexibility index (Phi) is 7.17. The Morgan fingerprint density at radius 2 is 1.49 bits per heavy atom. The maximum Gasteiger partial charge on any atom is 0.264 e.